The average molecular weight is 735 g/mol. The van der Waals surface area contributed by atoms with Crippen molar-refractivity contribution >= 4 is 79.2 Å². The van der Waals surface area contributed by atoms with E-state index in [1.54, 1.807) is 55.8 Å². The molecule has 0 heterocycles. The molecule has 33 heavy (non-hydrogen) atoms. The molecule has 0 radical (unpaired) electrons. The molecule has 3 rings (SSSR count). The van der Waals surface area contributed by atoms with Crippen LogP contribution in [0.5, 0.6) is 11.5 Å². The van der Waals surface area contributed by atoms with E-state index in [4.69, 9.17) is 14.6 Å². The number of nitrogens with zero attached hydrogens (tertiary/aromatic N) is 1. The predicted octanol–water partition coefficient (Wildman–Crippen LogP) is 5.71. The van der Waals surface area contributed by atoms with Crippen molar-refractivity contribution in [3.8, 4) is 11.5 Å². The first kappa shape index (κ1) is 25.4. The second-order valence-corrected chi connectivity index (χ2v) is 9.83. The normalized spacial score (nSPS) is 10.8. The van der Waals surface area contributed by atoms with E-state index >= 15 is 0 Å². The number of hydrazone groups is 1. The third-order valence-electron chi connectivity index (χ3n) is 4.40. The van der Waals surface area contributed by atoms with E-state index in [9.17, 15) is 9.59 Å². The van der Waals surface area contributed by atoms with Crippen molar-refractivity contribution in [3.63, 3.8) is 0 Å². The summed E-state index contributed by atoms with van der Waals surface area (Å²) in [7, 11) is 1.55. The van der Waals surface area contributed by atoms with Crippen LogP contribution in [0.25, 0.3) is 0 Å². The quantitative estimate of drug-likeness (QED) is 0.176. The second kappa shape index (κ2) is 11.8. The first-order chi connectivity index (χ1) is 15.8. The molecule has 0 saturated carbocycles. The fraction of sp³-hybridized carbons (Fsp3) is 0.0870. The van der Waals surface area contributed by atoms with Crippen LogP contribution in [0.3, 0.4) is 0 Å². The number of aromatic carboxylic acids is 1. The summed E-state index contributed by atoms with van der Waals surface area (Å²) < 4.78 is 13.6. The highest BCUT2D eigenvalue weighted by atomic mass is 127. The van der Waals surface area contributed by atoms with Crippen LogP contribution in [0.4, 0.5) is 0 Å². The molecule has 3 aromatic rings. The Balaban J connectivity index is 1.63. The van der Waals surface area contributed by atoms with Gasteiger partial charge in [0.15, 0.2) is 0 Å². The summed E-state index contributed by atoms with van der Waals surface area (Å²) in [6.07, 6.45) is 1.54. The van der Waals surface area contributed by atoms with Crippen LogP contribution in [-0.2, 0) is 6.61 Å². The van der Waals surface area contributed by atoms with Crippen molar-refractivity contribution in [3.05, 3.63) is 88.5 Å². The Hall–Kier alpha value is -2.19. The summed E-state index contributed by atoms with van der Waals surface area (Å²) in [5, 5.41) is 13.0. The lowest BCUT2D eigenvalue weighted by Gasteiger charge is -2.11. The summed E-state index contributed by atoms with van der Waals surface area (Å²) in [6.45, 7) is 0.289. The molecule has 0 spiro atoms. The van der Waals surface area contributed by atoms with Gasteiger partial charge in [0.05, 0.1) is 30.5 Å². The monoisotopic (exact) mass is 734 g/mol. The first-order valence-electron chi connectivity index (χ1n) is 9.39. The zero-order valence-electron chi connectivity index (χ0n) is 17.1. The molecule has 7 nitrogen and oxygen atoms in total. The molecule has 10 heteroatoms. The fourth-order valence-electron chi connectivity index (χ4n) is 2.72. The Morgan fingerprint density at radius 3 is 2.39 bits per heavy atom. The number of methoxy groups -OCH3 is 1. The lowest BCUT2D eigenvalue weighted by Crippen LogP contribution is -2.17. The molecular formula is C23H17BrI2N2O5. The number of amides is 1. The summed E-state index contributed by atoms with van der Waals surface area (Å²) in [5.74, 6) is -0.0285. The Morgan fingerprint density at radius 1 is 1.06 bits per heavy atom. The number of carboxylic acids is 1. The van der Waals surface area contributed by atoms with Crippen molar-refractivity contribution in [2.45, 2.75) is 6.61 Å². The Bertz CT molecular complexity index is 1190. The highest BCUT2D eigenvalue weighted by Gasteiger charge is 2.11. The molecule has 0 aliphatic heterocycles. The number of halogens is 3. The van der Waals surface area contributed by atoms with E-state index in [-0.39, 0.29) is 18.1 Å². The Labute approximate surface area is 226 Å². The van der Waals surface area contributed by atoms with Gasteiger partial charge < -0.3 is 14.6 Å². The maximum absolute atomic E-state index is 12.3. The van der Waals surface area contributed by atoms with Crippen LogP contribution in [0.1, 0.15) is 31.8 Å². The minimum Gasteiger partial charge on any atom is -0.496 e. The standard InChI is InChI=1S/C23H17BrI2N2O5/c1-32-20-10-16(6-7-18(20)25)22(29)28-27-11-14-8-17(24)21(19(26)9-14)33-12-13-2-4-15(5-3-13)23(30)31/h2-11H,12H2,1H3,(H,28,29)(H,30,31)/b27-11-. The van der Waals surface area contributed by atoms with Crippen LogP contribution < -0.4 is 14.9 Å². The van der Waals surface area contributed by atoms with Crippen molar-refractivity contribution in [2.24, 2.45) is 5.10 Å². The van der Waals surface area contributed by atoms with Gasteiger partial charge in [0.1, 0.15) is 18.1 Å². The summed E-state index contributed by atoms with van der Waals surface area (Å²) in [6, 6.07) is 15.4. The van der Waals surface area contributed by atoms with E-state index in [1.807, 2.05) is 12.1 Å². The van der Waals surface area contributed by atoms with Crippen LogP contribution >= 0.6 is 61.1 Å². The molecule has 0 aliphatic carbocycles. The number of ether oxygens (including phenoxy) is 2. The number of nitrogens with one attached hydrogen (secondary N) is 1. The second-order valence-electron chi connectivity index (χ2n) is 6.65. The maximum Gasteiger partial charge on any atom is 0.335 e. The average Bonchev–Trinajstić information content (AvgIpc) is 2.79. The minimum atomic E-state index is -0.966. The van der Waals surface area contributed by atoms with Crippen LogP contribution in [0, 0.1) is 7.14 Å². The maximum atomic E-state index is 12.3. The fourth-order valence-corrected chi connectivity index (χ4v) is 5.05. The third-order valence-corrected chi connectivity index (χ3v) is 6.68. The molecular weight excluding hydrogens is 718 g/mol. The van der Waals surface area contributed by atoms with Gasteiger partial charge in [-0.25, -0.2) is 10.2 Å². The van der Waals surface area contributed by atoms with Crippen LogP contribution in [0.15, 0.2) is 64.2 Å². The molecule has 0 fully saturated rings. The molecule has 0 unspecified atom stereocenters. The zero-order chi connectivity index (χ0) is 24.0. The van der Waals surface area contributed by atoms with Gasteiger partial charge in [-0.05, 0) is 115 Å². The van der Waals surface area contributed by atoms with Gasteiger partial charge in [-0.15, -0.1) is 0 Å². The molecule has 0 aliphatic rings. The van der Waals surface area contributed by atoms with E-state index in [0.29, 0.717) is 17.1 Å². The molecule has 0 saturated heterocycles. The number of rotatable bonds is 8. The number of hydrogen-bond acceptors (Lipinski definition) is 5. The highest BCUT2D eigenvalue weighted by Crippen LogP contribution is 2.32. The van der Waals surface area contributed by atoms with Gasteiger partial charge in [-0.2, -0.15) is 5.10 Å². The topological polar surface area (TPSA) is 97.2 Å². The van der Waals surface area contributed by atoms with Crippen molar-refractivity contribution in [1.82, 2.24) is 5.43 Å². The molecule has 3 aromatic carbocycles. The van der Waals surface area contributed by atoms with Gasteiger partial charge >= 0.3 is 5.97 Å². The van der Waals surface area contributed by atoms with Gasteiger partial charge in [0.2, 0.25) is 0 Å². The smallest absolute Gasteiger partial charge is 0.335 e. The lowest BCUT2D eigenvalue weighted by atomic mass is 10.1. The van der Waals surface area contributed by atoms with Gasteiger partial charge in [-0.1, -0.05) is 12.1 Å². The highest BCUT2D eigenvalue weighted by molar-refractivity contribution is 14.1. The lowest BCUT2D eigenvalue weighted by molar-refractivity contribution is 0.0696. The molecule has 0 aromatic heterocycles. The van der Waals surface area contributed by atoms with E-state index in [0.717, 1.165) is 22.7 Å². The van der Waals surface area contributed by atoms with E-state index < -0.39 is 5.97 Å². The van der Waals surface area contributed by atoms with Crippen molar-refractivity contribution < 1.29 is 24.2 Å². The molecule has 170 valence electrons. The first-order valence-corrected chi connectivity index (χ1v) is 12.3. The third kappa shape index (κ3) is 6.90. The van der Waals surface area contributed by atoms with Gasteiger partial charge in [0.25, 0.3) is 5.91 Å². The Kier molecular flexibility index (Phi) is 9.09. The minimum absolute atomic E-state index is 0.228. The van der Waals surface area contributed by atoms with E-state index in [2.05, 4.69) is 71.6 Å². The van der Waals surface area contributed by atoms with Crippen LogP contribution in [0.2, 0.25) is 0 Å². The number of hydrogen-bond donors (Lipinski definition) is 2. The molecule has 2 N–H and O–H groups in total. The molecule has 0 atom stereocenters. The zero-order valence-corrected chi connectivity index (χ0v) is 23.0. The Morgan fingerprint density at radius 2 is 1.76 bits per heavy atom. The predicted molar refractivity (Wildman–Crippen MR) is 145 cm³/mol. The summed E-state index contributed by atoms with van der Waals surface area (Å²) in [4.78, 5) is 23.3. The number of carbonyl (C=O) groups excluding carboxylic acids is 1. The number of carbonyl (C=O) groups is 2. The van der Waals surface area contributed by atoms with Crippen molar-refractivity contribution in [1.29, 1.82) is 0 Å². The summed E-state index contributed by atoms with van der Waals surface area (Å²) in [5.41, 5.74) is 4.80. The van der Waals surface area contributed by atoms with Gasteiger partial charge in [0, 0.05) is 5.56 Å². The summed E-state index contributed by atoms with van der Waals surface area (Å²) >= 11 is 7.80. The number of carboxylic acid groups (broad SMARTS) is 1. The number of benzene rings is 3. The SMILES string of the molecule is COc1cc(C(=O)N/N=C\c2cc(Br)c(OCc3ccc(C(=O)O)cc3)c(I)c2)ccc1I. The molecule has 0 bridgehead atoms. The van der Waals surface area contributed by atoms with Crippen molar-refractivity contribution in [2.75, 3.05) is 7.11 Å². The van der Waals surface area contributed by atoms with Crippen LogP contribution in [-0.4, -0.2) is 30.3 Å². The molecule has 1 amide bonds. The largest absolute Gasteiger partial charge is 0.496 e. The van der Waals surface area contributed by atoms with Gasteiger partial charge in [-0.3, -0.25) is 4.79 Å². The van der Waals surface area contributed by atoms with E-state index in [1.165, 1.54) is 0 Å².